The second-order valence-electron chi connectivity index (χ2n) is 4.36. The van der Waals surface area contributed by atoms with Crippen LogP contribution in [0.1, 0.15) is 20.8 Å². The number of thiophene rings is 1. The van der Waals surface area contributed by atoms with Crippen molar-refractivity contribution in [2.75, 3.05) is 6.61 Å². The Kier molecular flexibility index (Phi) is 3.54. The van der Waals surface area contributed by atoms with E-state index in [1.165, 1.54) is 0 Å². The van der Waals surface area contributed by atoms with Crippen LogP contribution in [-0.4, -0.2) is 17.7 Å². The van der Waals surface area contributed by atoms with Gasteiger partial charge in [0.1, 0.15) is 18.1 Å². The molecule has 0 spiro atoms. The summed E-state index contributed by atoms with van der Waals surface area (Å²) in [6.07, 6.45) is 0.835. The number of halogens is 1. The third kappa shape index (κ3) is 2.46. The molecule has 1 aliphatic rings. The van der Waals surface area contributed by atoms with Gasteiger partial charge in [-0.25, -0.2) is 4.79 Å². The number of benzene rings is 1. The van der Waals surface area contributed by atoms with Crippen LogP contribution in [0.4, 0.5) is 0 Å². The van der Waals surface area contributed by atoms with E-state index in [-0.39, 0.29) is 11.5 Å². The van der Waals surface area contributed by atoms with Crippen LogP contribution in [0.5, 0.6) is 11.5 Å². The minimum Gasteiger partial charge on any atom is -0.493 e. The van der Waals surface area contributed by atoms with E-state index in [2.05, 4.69) is 0 Å². The number of carbonyl (C=O) groups is 1. The van der Waals surface area contributed by atoms with Crippen molar-refractivity contribution in [2.45, 2.75) is 13.0 Å². The van der Waals surface area contributed by atoms with Crippen LogP contribution in [-0.2, 0) is 13.0 Å². The Morgan fingerprint density at radius 1 is 1.50 bits per heavy atom. The van der Waals surface area contributed by atoms with Crippen molar-refractivity contribution in [3.8, 4) is 11.5 Å². The zero-order valence-electron chi connectivity index (χ0n) is 10.4. The summed E-state index contributed by atoms with van der Waals surface area (Å²) >= 11 is 7.21. The van der Waals surface area contributed by atoms with Crippen molar-refractivity contribution in [3.63, 3.8) is 0 Å². The highest BCUT2D eigenvalue weighted by Crippen LogP contribution is 2.34. The summed E-state index contributed by atoms with van der Waals surface area (Å²) in [6.45, 7) is 0.876. The Labute approximate surface area is 124 Å². The van der Waals surface area contributed by atoms with Crippen LogP contribution >= 0.6 is 22.9 Å². The van der Waals surface area contributed by atoms with Crippen molar-refractivity contribution in [1.29, 1.82) is 0 Å². The molecule has 0 aliphatic carbocycles. The van der Waals surface area contributed by atoms with E-state index in [0.29, 0.717) is 17.4 Å². The molecule has 0 fully saturated rings. The standard InChI is InChI=1S/C14H11ClO4S/c15-10-5-8-1-3-18-12(8)9(6-10)7-19-11-2-4-20-13(11)14(16)17/h2,4-6H,1,3,7H2,(H,16,17). The highest BCUT2D eigenvalue weighted by atomic mass is 35.5. The Morgan fingerprint density at radius 2 is 2.35 bits per heavy atom. The van der Waals surface area contributed by atoms with Crippen molar-refractivity contribution in [2.24, 2.45) is 0 Å². The van der Waals surface area contributed by atoms with E-state index >= 15 is 0 Å². The molecule has 1 N–H and O–H groups in total. The molecule has 1 aromatic carbocycles. The van der Waals surface area contributed by atoms with Crippen LogP contribution in [0.25, 0.3) is 0 Å². The lowest BCUT2D eigenvalue weighted by Crippen LogP contribution is -2.01. The van der Waals surface area contributed by atoms with Gasteiger partial charge in [-0.2, -0.15) is 0 Å². The van der Waals surface area contributed by atoms with Crippen molar-refractivity contribution in [3.05, 3.63) is 44.6 Å². The van der Waals surface area contributed by atoms with E-state index in [9.17, 15) is 4.79 Å². The SMILES string of the molecule is O=C(O)c1sccc1OCc1cc(Cl)cc2c1OCC2. The molecule has 1 aromatic heterocycles. The predicted octanol–water partition coefficient (Wildman–Crippen LogP) is 3.61. The molecule has 0 unspecified atom stereocenters. The molecule has 0 atom stereocenters. The van der Waals surface area contributed by atoms with Gasteiger partial charge in [0.25, 0.3) is 0 Å². The minimum atomic E-state index is -0.984. The summed E-state index contributed by atoms with van der Waals surface area (Å²) < 4.78 is 11.2. The zero-order valence-corrected chi connectivity index (χ0v) is 12.0. The van der Waals surface area contributed by atoms with E-state index < -0.39 is 5.97 Å². The molecule has 3 rings (SSSR count). The Bertz CT molecular complexity index is 665. The molecule has 2 aromatic rings. The minimum absolute atomic E-state index is 0.199. The first-order valence-corrected chi connectivity index (χ1v) is 7.28. The van der Waals surface area contributed by atoms with Crippen LogP contribution in [0.15, 0.2) is 23.6 Å². The van der Waals surface area contributed by atoms with Gasteiger partial charge in [0.15, 0.2) is 4.88 Å². The lowest BCUT2D eigenvalue weighted by atomic mass is 10.1. The molecule has 6 heteroatoms. The van der Waals surface area contributed by atoms with E-state index in [1.54, 1.807) is 17.5 Å². The summed E-state index contributed by atoms with van der Waals surface area (Å²) in [5, 5.41) is 11.4. The maximum absolute atomic E-state index is 11.0. The van der Waals surface area contributed by atoms with Crippen LogP contribution < -0.4 is 9.47 Å². The van der Waals surface area contributed by atoms with Gasteiger partial charge in [-0.05, 0) is 29.1 Å². The van der Waals surface area contributed by atoms with E-state index in [0.717, 1.165) is 34.6 Å². The molecule has 104 valence electrons. The van der Waals surface area contributed by atoms with Crippen LogP contribution in [0, 0.1) is 0 Å². The van der Waals surface area contributed by atoms with Gasteiger partial charge in [0.2, 0.25) is 0 Å². The second kappa shape index (κ2) is 5.34. The topological polar surface area (TPSA) is 55.8 Å². The van der Waals surface area contributed by atoms with Gasteiger partial charge < -0.3 is 14.6 Å². The van der Waals surface area contributed by atoms with Gasteiger partial charge in [-0.3, -0.25) is 0 Å². The largest absolute Gasteiger partial charge is 0.493 e. The molecule has 0 bridgehead atoms. The number of carboxylic acid groups (broad SMARTS) is 1. The summed E-state index contributed by atoms with van der Waals surface area (Å²) in [7, 11) is 0. The quantitative estimate of drug-likeness (QED) is 0.937. The number of fused-ring (bicyclic) bond motifs is 1. The van der Waals surface area contributed by atoms with Crippen molar-refractivity contribution < 1.29 is 19.4 Å². The number of ether oxygens (including phenoxy) is 2. The molecule has 0 saturated carbocycles. The number of carboxylic acids is 1. The molecular weight excluding hydrogens is 300 g/mol. The fourth-order valence-corrected chi connectivity index (χ4v) is 3.11. The van der Waals surface area contributed by atoms with E-state index in [4.69, 9.17) is 26.2 Å². The Morgan fingerprint density at radius 3 is 3.15 bits per heavy atom. The van der Waals surface area contributed by atoms with Gasteiger partial charge >= 0.3 is 5.97 Å². The molecule has 4 nitrogen and oxygen atoms in total. The maximum atomic E-state index is 11.0. The molecule has 0 radical (unpaired) electrons. The number of aromatic carboxylic acids is 1. The first-order chi connectivity index (χ1) is 9.65. The zero-order chi connectivity index (χ0) is 14.1. The number of rotatable bonds is 4. The normalized spacial score (nSPS) is 12.8. The number of hydrogen-bond donors (Lipinski definition) is 1. The first-order valence-electron chi connectivity index (χ1n) is 6.03. The molecule has 1 aliphatic heterocycles. The van der Waals surface area contributed by atoms with Crippen LogP contribution in [0.3, 0.4) is 0 Å². The smallest absolute Gasteiger partial charge is 0.349 e. The molecule has 2 heterocycles. The summed E-state index contributed by atoms with van der Waals surface area (Å²) in [5.74, 6) is 0.193. The van der Waals surface area contributed by atoms with Gasteiger partial charge in [-0.15, -0.1) is 11.3 Å². The van der Waals surface area contributed by atoms with Crippen molar-refractivity contribution >= 4 is 28.9 Å². The average molecular weight is 311 g/mol. The molecule has 0 amide bonds. The summed E-state index contributed by atoms with van der Waals surface area (Å²) in [4.78, 5) is 11.2. The van der Waals surface area contributed by atoms with Gasteiger partial charge in [-0.1, -0.05) is 11.6 Å². The highest BCUT2D eigenvalue weighted by molar-refractivity contribution is 7.12. The second-order valence-corrected chi connectivity index (χ2v) is 5.71. The number of hydrogen-bond acceptors (Lipinski definition) is 4. The third-order valence-corrected chi connectivity index (χ3v) is 4.13. The highest BCUT2D eigenvalue weighted by Gasteiger charge is 2.19. The predicted molar refractivity (Wildman–Crippen MR) is 76.3 cm³/mol. The van der Waals surface area contributed by atoms with Gasteiger partial charge in [0.05, 0.1) is 6.61 Å². The van der Waals surface area contributed by atoms with E-state index in [1.807, 2.05) is 6.07 Å². The van der Waals surface area contributed by atoms with Gasteiger partial charge in [0, 0.05) is 17.0 Å². The summed E-state index contributed by atoms with van der Waals surface area (Å²) in [5.41, 5.74) is 1.91. The first kappa shape index (κ1) is 13.3. The molecule has 0 saturated heterocycles. The summed E-state index contributed by atoms with van der Waals surface area (Å²) in [6, 6.07) is 5.33. The maximum Gasteiger partial charge on any atom is 0.349 e. The van der Waals surface area contributed by atoms with Crippen molar-refractivity contribution in [1.82, 2.24) is 0 Å². The third-order valence-electron chi connectivity index (χ3n) is 3.03. The molecule has 20 heavy (non-hydrogen) atoms. The Balaban J connectivity index is 1.82. The average Bonchev–Trinajstić information content (AvgIpc) is 3.03. The fourth-order valence-electron chi connectivity index (χ4n) is 2.18. The molecular formula is C14H11ClO4S. The Hall–Kier alpha value is -1.72. The monoisotopic (exact) mass is 310 g/mol. The lowest BCUT2D eigenvalue weighted by Gasteiger charge is -2.10. The van der Waals surface area contributed by atoms with Crippen LogP contribution in [0.2, 0.25) is 5.02 Å². The fraction of sp³-hybridized carbons (Fsp3) is 0.214. The lowest BCUT2D eigenvalue weighted by molar-refractivity contribution is 0.0697.